The third kappa shape index (κ3) is 3.01. The van der Waals surface area contributed by atoms with Crippen molar-refractivity contribution in [2.24, 2.45) is 0 Å². The van der Waals surface area contributed by atoms with Gasteiger partial charge in [0.1, 0.15) is 12.0 Å². The van der Waals surface area contributed by atoms with Crippen LogP contribution in [0.3, 0.4) is 0 Å². The normalized spacial score (nSPS) is 11.9. The van der Waals surface area contributed by atoms with Crippen LogP contribution in [0.1, 0.15) is 17.3 Å². The molecule has 3 nitrogen and oxygen atoms in total. The van der Waals surface area contributed by atoms with Gasteiger partial charge < -0.3 is 4.90 Å². The molecule has 1 atom stereocenters. The van der Waals surface area contributed by atoms with Crippen LogP contribution in [0.5, 0.6) is 0 Å². The average molecular weight is 253 g/mol. The molecule has 0 fully saturated rings. The van der Waals surface area contributed by atoms with Crippen molar-refractivity contribution < 1.29 is 0 Å². The van der Waals surface area contributed by atoms with Gasteiger partial charge in [0.2, 0.25) is 0 Å². The Hall–Kier alpha value is -2.13. The Morgan fingerprint density at radius 1 is 1.00 bits per heavy atom. The Kier molecular flexibility index (Phi) is 4.31. The molecule has 0 saturated carbocycles. The minimum Gasteiger partial charge on any atom is -0.340 e. The van der Waals surface area contributed by atoms with Gasteiger partial charge in [-0.25, -0.2) is 0 Å². The van der Waals surface area contributed by atoms with Gasteiger partial charge in [0.25, 0.3) is 0 Å². The van der Waals surface area contributed by atoms with E-state index in [1.165, 1.54) is 0 Å². The quantitative estimate of drug-likeness (QED) is 0.499. The number of hydrogen-bond acceptors (Lipinski definition) is 2. The first-order valence-corrected chi connectivity index (χ1v) is 6.33. The van der Waals surface area contributed by atoms with E-state index >= 15 is 0 Å². The fourth-order valence-corrected chi connectivity index (χ4v) is 2.15. The molecular formula is C16H19N3. The number of amidine groups is 1. The van der Waals surface area contributed by atoms with Gasteiger partial charge in [-0.3, -0.25) is 10.7 Å². The average Bonchev–Trinajstić information content (AvgIpc) is 2.49. The lowest BCUT2D eigenvalue weighted by Gasteiger charge is -2.30. The van der Waals surface area contributed by atoms with Crippen molar-refractivity contribution in [3.63, 3.8) is 0 Å². The topological polar surface area (TPSA) is 39.1 Å². The summed E-state index contributed by atoms with van der Waals surface area (Å²) in [7, 11) is 3.84. The lowest BCUT2D eigenvalue weighted by molar-refractivity contribution is 0.330. The summed E-state index contributed by atoms with van der Waals surface area (Å²) in [5, 5.41) is 11.6. The molecule has 1 unspecified atom stereocenters. The lowest BCUT2D eigenvalue weighted by atomic mass is 10.1. The van der Waals surface area contributed by atoms with Gasteiger partial charge in [-0.15, -0.1) is 0 Å². The summed E-state index contributed by atoms with van der Waals surface area (Å²) in [6.45, 7) is 0. The van der Waals surface area contributed by atoms with Crippen molar-refractivity contribution >= 4 is 5.84 Å². The molecule has 3 heteroatoms. The van der Waals surface area contributed by atoms with E-state index in [0.29, 0.717) is 5.84 Å². The minimum absolute atomic E-state index is 0.00564. The second kappa shape index (κ2) is 6.16. The summed E-state index contributed by atoms with van der Waals surface area (Å²) in [6.07, 6.45) is -0.00564. The molecule has 0 radical (unpaired) electrons. The smallest absolute Gasteiger partial charge is 0.129 e. The Balaban J connectivity index is 2.22. The second-order valence-electron chi connectivity index (χ2n) is 4.43. The molecule has 2 aromatic rings. The Bertz CT molecular complexity index is 522. The van der Waals surface area contributed by atoms with Gasteiger partial charge in [0.15, 0.2) is 0 Å². The van der Waals surface area contributed by atoms with Crippen LogP contribution in [-0.4, -0.2) is 24.8 Å². The predicted octanol–water partition coefficient (Wildman–Crippen LogP) is 2.86. The summed E-state index contributed by atoms with van der Waals surface area (Å²) in [4.78, 5) is 1.94. The van der Waals surface area contributed by atoms with E-state index in [4.69, 9.17) is 5.41 Å². The second-order valence-corrected chi connectivity index (χ2v) is 4.43. The van der Waals surface area contributed by atoms with Crippen LogP contribution in [0.4, 0.5) is 0 Å². The van der Waals surface area contributed by atoms with Crippen LogP contribution in [-0.2, 0) is 0 Å². The van der Waals surface area contributed by atoms with E-state index in [0.717, 1.165) is 11.1 Å². The van der Waals surface area contributed by atoms with E-state index in [2.05, 4.69) is 17.4 Å². The van der Waals surface area contributed by atoms with Crippen molar-refractivity contribution in [2.75, 3.05) is 14.1 Å². The first-order chi connectivity index (χ1) is 9.24. The molecule has 0 aliphatic carbocycles. The van der Waals surface area contributed by atoms with Gasteiger partial charge in [-0.05, 0) is 12.6 Å². The van der Waals surface area contributed by atoms with Gasteiger partial charge in [-0.1, -0.05) is 60.7 Å². The third-order valence-electron chi connectivity index (χ3n) is 3.18. The van der Waals surface area contributed by atoms with E-state index in [9.17, 15) is 0 Å². The monoisotopic (exact) mass is 253 g/mol. The molecule has 0 heterocycles. The molecule has 19 heavy (non-hydrogen) atoms. The van der Waals surface area contributed by atoms with E-state index in [1.807, 2.05) is 67.5 Å². The van der Waals surface area contributed by atoms with Gasteiger partial charge in [0, 0.05) is 12.6 Å². The first-order valence-electron chi connectivity index (χ1n) is 6.33. The molecule has 0 saturated heterocycles. The molecule has 0 spiro atoms. The highest BCUT2D eigenvalue weighted by atomic mass is 15.3. The van der Waals surface area contributed by atoms with E-state index < -0.39 is 0 Å². The van der Waals surface area contributed by atoms with Crippen molar-refractivity contribution in [2.45, 2.75) is 6.17 Å². The molecule has 2 rings (SSSR count). The maximum atomic E-state index is 8.30. The number of rotatable bonds is 4. The standard InChI is InChI=1S/C16H19N3/c1-18-16(14-11-7-4-8-12-14)19(2)15(17)13-9-5-3-6-10-13/h3-12,16-18H,1-2H3. The predicted molar refractivity (Wildman–Crippen MR) is 79.3 cm³/mol. The van der Waals surface area contributed by atoms with Crippen LogP contribution in [0.25, 0.3) is 0 Å². The fraction of sp³-hybridized carbons (Fsp3) is 0.188. The molecule has 0 aromatic heterocycles. The van der Waals surface area contributed by atoms with Gasteiger partial charge in [-0.2, -0.15) is 0 Å². The fourth-order valence-electron chi connectivity index (χ4n) is 2.15. The first kappa shape index (κ1) is 13.3. The zero-order chi connectivity index (χ0) is 13.7. The number of nitrogens with one attached hydrogen (secondary N) is 2. The van der Waals surface area contributed by atoms with Gasteiger partial charge >= 0.3 is 0 Å². The van der Waals surface area contributed by atoms with Crippen LogP contribution in [0.2, 0.25) is 0 Å². The zero-order valence-electron chi connectivity index (χ0n) is 11.3. The number of hydrogen-bond donors (Lipinski definition) is 2. The summed E-state index contributed by atoms with van der Waals surface area (Å²) >= 11 is 0. The van der Waals surface area contributed by atoms with Gasteiger partial charge in [0.05, 0.1) is 0 Å². The SMILES string of the molecule is CNC(c1ccccc1)N(C)C(=N)c1ccccc1. The summed E-state index contributed by atoms with van der Waals surface area (Å²) in [5.74, 6) is 0.504. The van der Waals surface area contributed by atoms with Crippen molar-refractivity contribution in [1.82, 2.24) is 10.2 Å². The van der Waals surface area contributed by atoms with E-state index in [-0.39, 0.29) is 6.17 Å². The Labute approximate surface area is 114 Å². The molecule has 2 aromatic carbocycles. The third-order valence-corrected chi connectivity index (χ3v) is 3.18. The number of benzene rings is 2. The van der Waals surface area contributed by atoms with Crippen molar-refractivity contribution in [1.29, 1.82) is 5.41 Å². The van der Waals surface area contributed by atoms with Crippen LogP contribution in [0.15, 0.2) is 60.7 Å². The minimum atomic E-state index is -0.00564. The molecule has 0 bridgehead atoms. The highest BCUT2D eigenvalue weighted by Crippen LogP contribution is 2.18. The zero-order valence-corrected chi connectivity index (χ0v) is 11.3. The highest BCUT2D eigenvalue weighted by Gasteiger charge is 2.18. The maximum Gasteiger partial charge on any atom is 0.129 e. The van der Waals surface area contributed by atoms with E-state index in [1.54, 1.807) is 0 Å². The Morgan fingerprint density at radius 2 is 1.53 bits per heavy atom. The van der Waals surface area contributed by atoms with Crippen LogP contribution < -0.4 is 5.32 Å². The molecule has 98 valence electrons. The molecule has 0 amide bonds. The lowest BCUT2D eigenvalue weighted by Crippen LogP contribution is -2.38. The Morgan fingerprint density at radius 3 is 2.05 bits per heavy atom. The van der Waals surface area contributed by atoms with Crippen LogP contribution >= 0.6 is 0 Å². The molecule has 0 aliphatic rings. The largest absolute Gasteiger partial charge is 0.340 e. The maximum absolute atomic E-state index is 8.30. The van der Waals surface area contributed by atoms with Crippen LogP contribution in [0, 0.1) is 5.41 Å². The summed E-state index contributed by atoms with van der Waals surface area (Å²) in [6, 6.07) is 19.9. The molecule has 2 N–H and O–H groups in total. The molecular weight excluding hydrogens is 234 g/mol. The summed E-state index contributed by atoms with van der Waals surface area (Å²) < 4.78 is 0. The van der Waals surface area contributed by atoms with Crippen molar-refractivity contribution in [3.05, 3.63) is 71.8 Å². The highest BCUT2D eigenvalue weighted by molar-refractivity contribution is 5.96. The number of nitrogens with zero attached hydrogens (tertiary/aromatic N) is 1. The molecule has 0 aliphatic heterocycles. The summed E-state index contributed by atoms with van der Waals surface area (Å²) in [5.41, 5.74) is 2.06. The van der Waals surface area contributed by atoms with Crippen molar-refractivity contribution in [3.8, 4) is 0 Å².